The van der Waals surface area contributed by atoms with Gasteiger partial charge in [0, 0.05) is 17.5 Å². The molecule has 1 heterocycles. The lowest BCUT2D eigenvalue weighted by molar-refractivity contribution is -0.274. The number of hydrogen-bond donors (Lipinski definition) is 1. The molecular formula is C14H10F3NO3. The van der Waals surface area contributed by atoms with E-state index in [1.807, 2.05) is 0 Å². The highest BCUT2D eigenvalue weighted by Gasteiger charge is 2.31. The van der Waals surface area contributed by atoms with Crippen LogP contribution in [0.5, 0.6) is 5.75 Å². The number of alkyl halides is 3. The molecule has 1 aromatic heterocycles. The molecule has 0 radical (unpaired) electrons. The second kappa shape index (κ2) is 5.43. The molecule has 0 unspecified atom stereocenters. The van der Waals surface area contributed by atoms with E-state index in [0.29, 0.717) is 16.8 Å². The first-order valence-electron chi connectivity index (χ1n) is 5.82. The van der Waals surface area contributed by atoms with Crippen LogP contribution in [0.1, 0.15) is 16.1 Å². The van der Waals surface area contributed by atoms with Crippen LogP contribution in [0, 0.1) is 6.92 Å². The molecule has 1 aromatic carbocycles. The van der Waals surface area contributed by atoms with Gasteiger partial charge in [-0.1, -0.05) is 6.07 Å². The molecule has 4 nitrogen and oxygen atoms in total. The average molecular weight is 297 g/mol. The fourth-order valence-electron chi connectivity index (χ4n) is 1.86. The normalized spacial score (nSPS) is 11.2. The largest absolute Gasteiger partial charge is 0.573 e. The van der Waals surface area contributed by atoms with Crippen molar-refractivity contribution in [3.05, 3.63) is 47.8 Å². The van der Waals surface area contributed by atoms with E-state index in [1.54, 1.807) is 19.1 Å². The Labute approximate surface area is 117 Å². The molecule has 0 bridgehead atoms. The summed E-state index contributed by atoms with van der Waals surface area (Å²) in [5.74, 6) is -1.92. The number of pyridine rings is 1. The third-order valence-electron chi connectivity index (χ3n) is 2.70. The molecule has 0 aliphatic carbocycles. The highest BCUT2D eigenvalue weighted by molar-refractivity contribution is 5.90. The number of rotatable bonds is 3. The summed E-state index contributed by atoms with van der Waals surface area (Å²) in [5.41, 5.74) is 1.10. The van der Waals surface area contributed by atoms with Gasteiger partial charge in [0.25, 0.3) is 0 Å². The summed E-state index contributed by atoms with van der Waals surface area (Å²) in [7, 11) is 0. The smallest absolute Gasteiger partial charge is 0.478 e. The van der Waals surface area contributed by atoms with E-state index < -0.39 is 18.1 Å². The van der Waals surface area contributed by atoms with Crippen LogP contribution in [0.15, 0.2) is 36.5 Å². The quantitative estimate of drug-likeness (QED) is 0.939. The van der Waals surface area contributed by atoms with Crippen molar-refractivity contribution < 1.29 is 27.8 Å². The fourth-order valence-corrected chi connectivity index (χ4v) is 1.86. The number of carboxylic acid groups (broad SMARTS) is 1. The topological polar surface area (TPSA) is 59.4 Å². The first-order chi connectivity index (χ1) is 9.76. The lowest BCUT2D eigenvalue weighted by Crippen LogP contribution is -2.17. The maximum absolute atomic E-state index is 12.3. The van der Waals surface area contributed by atoms with Gasteiger partial charge < -0.3 is 9.84 Å². The predicted molar refractivity (Wildman–Crippen MR) is 68.1 cm³/mol. The lowest BCUT2D eigenvalue weighted by atomic mass is 10.0. The highest BCUT2D eigenvalue weighted by Crippen LogP contribution is 2.30. The maximum atomic E-state index is 12.3. The number of halogens is 3. The lowest BCUT2D eigenvalue weighted by Gasteiger charge is -2.12. The third kappa shape index (κ3) is 3.71. The Hall–Kier alpha value is -2.57. The summed E-state index contributed by atoms with van der Waals surface area (Å²) in [5, 5.41) is 9.00. The Morgan fingerprint density at radius 1 is 1.29 bits per heavy atom. The van der Waals surface area contributed by atoms with Crippen molar-refractivity contribution in [3.63, 3.8) is 0 Å². The molecule has 110 valence electrons. The van der Waals surface area contributed by atoms with E-state index in [0.717, 1.165) is 12.1 Å². The Bertz CT molecular complexity index is 683. The van der Waals surface area contributed by atoms with Crippen LogP contribution < -0.4 is 4.74 Å². The van der Waals surface area contributed by atoms with Crippen LogP contribution in [0.4, 0.5) is 13.2 Å². The van der Waals surface area contributed by atoms with Gasteiger partial charge in [-0.3, -0.25) is 4.98 Å². The molecule has 0 aliphatic rings. The molecule has 2 aromatic rings. The number of aromatic carboxylic acids is 1. The van der Waals surface area contributed by atoms with E-state index in [-0.39, 0.29) is 5.56 Å². The Morgan fingerprint density at radius 3 is 2.57 bits per heavy atom. The maximum Gasteiger partial charge on any atom is 0.573 e. The van der Waals surface area contributed by atoms with Gasteiger partial charge in [0.05, 0.1) is 5.56 Å². The van der Waals surface area contributed by atoms with E-state index in [9.17, 15) is 18.0 Å². The van der Waals surface area contributed by atoms with Crippen LogP contribution >= 0.6 is 0 Å². The predicted octanol–water partition coefficient (Wildman–Crippen LogP) is 3.65. The van der Waals surface area contributed by atoms with Crippen LogP contribution in [-0.2, 0) is 0 Å². The van der Waals surface area contributed by atoms with Gasteiger partial charge in [0.1, 0.15) is 5.75 Å². The first-order valence-corrected chi connectivity index (χ1v) is 5.82. The van der Waals surface area contributed by atoms with Crippen molar-refractivity contribution in [2.75, 3.05) is 0 Å². The molecule has 0 fully saturated rings. The zero-order valence-electron chi connectivity index (χ0n) is 10.8. The number of benzene rings is 1. The summed E-state index contributed by atoms with van der Waals surface area (Å²) in [6, 6.07) is 6.48. The number of hydrogen-bond acceptors (Lipinski definition) is 3. The highest BCUT2D eigenvalue weighted by atomic mass is 19.4. The number of nitrogens with zero attached hydrogens (tertiary/aromatic N) is 1. The van der Waals surface area contributed by atoms with Gasteiger partial charge in [0.15, 0.2) is 0 Å². The van der Waals surface area contributed by atoms with Gasteiger partial charge in [-0.15, -0.1) is 13.2 Å². The molecule has 0 aliphatic heterocycles. The molecule has 0 saturated carbocycles. The van der Waals surface area contributed by atoms with Crippen LogP contribution in [0.3, 0.4) is 0 Å². The molecular weight excluding hydrogens is 287 g/mol. The zero-order valence-corrected chi connectivity index (χ0v) is 10.8. The average Bonchev–Trinajstić information content (AvgIpc) is 2.36. The van der Waals surface area contributed by atoms with E-state index >= 15 is 0 Å². The molecule has 0 amide bonds. The van der Waals surface area contributed by atoms with E-state index in [2.05, 4.69) is 9.72 Å². The van der Waals surface area contributed by atoms with E-state index in [1.165, 1.54) is 12.3 Å². The molecule has 2 rings (SSSR count). The van der Waals surface area contributed by atoms with Crippen molar-refractivity contribution in [1.82, 2.24) is 4.98 Å². The van der Waals surface area contributed by atoms with E-state index in [4.69, 9.17) is 5.11 Å². The number of ether oxygens (including phenoxy) is 1. The van der Waals surface area contributed by atoms with Gasteiger partial charge in [0.2, 0.25) is 0 Å². The Morgan fingerprint density at radius 2 is 2.00 bits per heavy atom. The monoisotopic (exact) mass is 297 g/mol. The molecule has 7 heteroatoms. The molecule has 1 N–H and O–H groups in total. The summed E-state index contributed by atoms with van der Waals surface area (Å²) in [4.78, 5) is 15.1. The van der Waals surface area contributed by atoms with Crippen molar-refractivity contribution >= 4 is 5.97 Å². The Kier molecular flexibility index (Phi) is 3.84. The van der Waals surface area contributed by atoms with Crippen molar-refractivity contribution in [2.45, 2.75) is 13.3 Å². The SMILES string of the molecule is Cc1ncccc1-c1cc(OC(F)(F)F)cc(C(=O)O)c1. The minimum Gasteiger partial charge on any atom is -0.478 e. The minimum atomic E-state index is -4.89. The van der Waals surface area contributed by atoms with Crippen molar-refractivity contribution in [3.8, 4) is 16.9 Å². The number of aryl methyl sites for hydroxylation is 1. The van der Waals surface area contributed by atoms with Gasteiger partial charge >= 0.3 is 12.3 Å². The standard InChI is InChI=1S/C14H10F3NO3/c1-8-12(3-2-4-18-8)9-5-10(13(19)20)7-11(6-9)21-14(15,16)17/h2-7H,1H3,(H,19,20). The zero-order chi connectivity index (χ0) is 15.6. The molecule has 0 spiro atoms. The van der Waals surface area contributed by atoms with Crippen LogP contribution in [-0.4, -0.2) is 22.4 Å². The second-order valence-corrected chi connectivity index (χ2v) is 4.24. The van der Waals surface area contributed by atoms with Crippen LogP contribution in [0.2, 0.25) is 0 Å². The third-order valence-corrected chi connectivity index (χ3v) is 2.70. The summed E-state index contributed by atoms with van der Waals surface area (Å²) >= 11 is 0. The first kappa shape index (κ1) is 14.8. The van der Waals surface area contributed by atoms with Crippen molar-refractivity contribution in [1.29, 1.82) is 0 Å². The minimum absolute atomic E-state index is 0.291. The number of carboxylic acids is 1. The van der Waals surface area contributed by atoms with Gasteiger partial charge in [-0.25, -0.2) is 4.79 Å². The Balaban J connectivity index is 2.56. The molecule has 21 heavy (non-hydrogen) atoms. The van der Waals surface area contributed by atoms with Crippen LogP contribution in [0.25, 0.3) is 11.1 Å². The van der Waals surface area contributed by atoms with Gasteiger partial charge in [-0.2, -0.15) is 0 Å². The molecule has 0 atom stereocenters. The number of carbonyl (C=O) groups is 1. The van der Waals surface area contributed by atoms with Crippen molar-refractivity contribution in [2.24, 2.45) is 0 Å². The van der Waals surface area contributed by atoms with Gasteiger partial charge in [-0.05, 0) is 36.8 Å². The second-order valence-electron chi connectivity index (χ2n) is 4.24. The fraction of sp³-hybridized carbons (Fsp3) is 0.143. The summed E-state index contributed by atoms with van der Waals surface area (Å²) in [6.07, 6.45) is -3.36. The summed E-state index contributed by atoms with van der Waals surface area (Å²) in [6.45, 7) is 1.67. The molecule has 0 saturated heterocycles. The number of aromatic nitrogens is 1. The summed E-state index contributed by atoms with van der Waals surface area (Å²) < 4.78 is 40.7.